The molecule has 1 aromatic carbocycles. The zero-order valence-corrected chi connectivity index (χ0v) is 12.9. The average Bonchev–Trinajstić information content (AvgIpc) is 2.48. The molecule has 1 aliphatic heterocycles. The van der Waals surface area contributed by atoms with Gasteiger partial charge in [0.2, 0.25) is 5.91 Å². The van der Waals surface area contributed by atoms with Crippen molar-refractivity contribution in [2.45, 2.75) is 39.2 Å². The van der Waals surface area contributed by atoms with Gasteiger partial charge in [0.15, 0.2) is 0 Å². The van der Waals surface area contributed by atoms with Gasteiger partial charge in [-0.05, 0) is 50.8 Å². The number of halogens is 1. The van der Waals surface area contributed by atoms with E-state index in [9.17, 15) is 9.18 Å². The second-order valence-corrected chi connectivity index (χ2v) is 6.10. The second-order valence-electron chi connectivity index (χ2n) is 6.10. The Bertz CT molecular complexity index is 472. The van der Waals surface area contributed by atoms with E-state index in [0.29, 0.717) is 23.8 Å². The summed E-state index contributed by atoms with van der Waals surface area (Å²) in [5.74, 6) is 0.651. The lowest BCUT2D eigenvalue weighted by molar-refractivity contribution is -0.123. The van der Waals surface area contributed by atoms with Crippen molar-refractivity contribution in [2.24, 2.45) is 11.8 Å². The van der Waals surface area contributed by atoms with Crippen LogP contribution in [-0.2, 0) is 4.79 Å². The van der Waals surface area contributed by atoms with Gasteiger partial charge in [-0.1, -0.05) is 25.1 Å². The summed E-state index contributed by atoms with van der Waals surface area (Å²) in [5.41, 5.74) is 0.540. The molecule has 3 nitrogen and oxygen atoms in total. The Labute approximate surface area is 126 Å². The smallest absolute Gasteiger partial charge is 0.220 e. The van der Waals surface area contributed by atoms with E-state index in [4.69, 9.17) is 0 Å². The summed E-state index contributed by atoms with van der Waals surface area (Å²) in [6.45, 7) is 6.03. The highest BCUT2D eigenvalue weighted by molar-refractivity contribution is 5.76. The van der Waals surface area contributed by atoms with E-state index in [-0.39, 0.29) is 17.8 Å². The van der Waals surface area contributed by atoms with Crippen molar-refractivity contribution in [2.75, 3.05) is 13.1 Å². The van der Waals surface area contributed by atoms with Crippen LogP contribution >= 0.6 is 0 Å². The number of carbonyl (C=O) groups is 1. The van der Waals surface area contributed by atoms with Crippen LogP contribution in [0.5, 0.6) is 0 Å². The van der Waals surface area contributed by atoms with Gasteiger partial charge in [-0.25, -0.2) is 4.39 Å². The van der Waals surface area contributed by atoms with Gasteiger partial charge in [-0.2, -0.15) is 0 Å². The van der Waals surface area contributed by atoms with Crippen LogP contribution in [0.15, 0.2) is 24.3 Å². The minimum atomic E-state index is -0.296. The monoisotopic (exact) mass is 292 g/mol. The first-order valence-corrected chi connectivity index (χ1v) is 7.82. The molecule has 1 heterocycles. The summed E-state index contributed by atoms with van der Waals surface area (Å²) in [5, 5.41) is 6.29. The van der Waals surface area contributed by atoms with Crippen molar-refractivity contribution >= 4 is 5.91 Å². The number of benzene rings is 1. The maximum absolute atomic E-state index is 13.7. The van der Waals surface area contributed by atoms with E-state index in [1.165, 1.54) is 18.9 Å². The lowest BCUT2D eigenvalue weighted by Crippen LogP contribution is -2.36. The average molecular weight is 292 g/mol. The Kier molecular flexibility index (Phi) is 5.74. The number of nitrogens with one attached hydrogen (secondary N) is 2. The Morgan fingerprint density at radius 2 is 2.19 bits per heavy atom. The van der Waals surface area contributed by atoms with E-state index in [2.05, 4.69) is 17.6 Å². The molecule has 116 valence electrons. The van der Waals surface area contributed by atoms with Crippen LogP contribution < -0.4 is 10.6 Å². The SMILES string of the molecule is CC(NC(=O)CC(C)C1CCCNC1)c1ccccc1F. The number of piperidine rings is 1. The number of hydrogen-bond donors (Lipinski definition) is 2. The van der Waals surface area contributed by atoms with Gasteiger partial charge in [0, 0.05) is 12.0 Å². The maximum Gasteiger partial charge on any atom is 0.220 e. The van der Waals surface area contributed by atoms with Crippen LogP contribution in [0.4, 0.5) is 4.39 Å². The fourth-order valence-corrected chi connectivity index (χ4v) is 3.03. The van der Waals surface area contributed by atoms with E-state index in [1.807, 2.05) is 6.92 Å². The van der Waals surface area contributed by atoms with Crippen LogP contribution in [0.2, 0.25) is 0 Å². The molecule has 1 fully saturated rings. The van der Waals surface area contributed by atoms with Crippen LogP contribution in [0.25, 0.3) is 0 Å². The highest BCUT2D eigenvalue weighted by atomic mass is 19.1. The van der Waals surface area contributed by atoms with Gasteiger partial charge < -0.3 is 10.6 Å². The lowest BCUT2D eigenvalue weighted by Gasteiger charge is -2.28. The third kappa shape index (κ3) is 4.53. The van der Waals surface area contributed by atoms with Crippen LogP contribution in [0, 0.1) is 17.7 Å². The first-order chi connectivity index (χ1) is 10.1. The summed E-state index contributed by atoms with van der Waals surface area (Å²) in [6, 6.07) is 6.29. The predicted octanol–water partition coefficient (Wildman–Crippen LogP) is 3.03. The zero-order chi connectivity index (χ0) is 15.2. The molecule has 1 aliphatic rings. The maximum atomic E-state index is 13.7. The standard InChI is InChI=1S/C17H25FN2O/c1-12(14-6-5-9-19-11-14)10-17(21)20-13(2)15-7-3-4-8-16(15)18/h3-4,7-8,12-14,19H,5-6,9-11H2,1-2H3,(H,20,21). The summed E-state index contributed by atoms with van der Waals surface area (Å²) in [4.78, 5) is 12.1. The lowest BCUT2D eigenvalue weighted by atomic mass is 9.85. The largest absolute Gasteiger partial charge is 0.349 e. The van der Waals surface area contributed by atoms with Crippen LogP contribution in [0.3, 0.4) is 0 Å². The summed E-state index contributed by atoms with van der Waals surface area (Å²) >= 11 is 0. The quantitative estimate of drug-likeness (QED) is 0.876. The van der Waals surface area contributed by atoms with E-state index >= 15 is 0 Å². The molecular formula is C17H25FN2O. The summed E-state index contributed by atoms with van der Waals surface area (Å²) < 4.78 is 13.7. The molecule has 2 N–H and O–H groups in total. The molecule has 1 amide bonds. The molecular weight excluding hydrogens is 267 g/mol. The molecule has 0 saturated carbocycles. The Hall–Kier alpha value is -1.42. The molecule has 0 bridgehead atoms. The highest BCUT2D eigenvalue weighted by Gasteiger charge is 2.23. The zero-order valence-electron chi connectivity index (χ0n) is 12.9. The first-order valence-electron chi connectivity index (χ1n) is 7.82. The summed E-state index contributed by atoms with van der Waals surface area (Å²) in [6.07, 6.45) is 2.87. The molecule has 4 heteroatoms. The van der Waals surface area contributed by atoms with Crippen molar-refractivity contribution in [1.82, 2.24) is 10.6 Å². The first kappa shape index (κ1) is 16.0. The van der Waals surface area contributed by atoms with Gasteiger partial charge in [0.25, 0.3) is 0 Å². The molecule has 0 spiro atoms. The molecule has 1 saturated heterocycles. The number of hydrogen-bond acceptors (Lipinski definition) is 2. The third-order valence-electron chi connectivity index (χ3n) is 4.40. The molecule has 2 rings (SSSR count). The van der Waals surface area contributed by atoms with E-state index < -0.39 is 0 Å². The number of amides is 1. The fraction of sp³-hybridized carbons (Fsp3) is 0.588. The minimum Gasteiger partial charge on any atom is -0.349 e. The molecule has 21 heavy (non-hydrogen) atoms. The molecule has 0 radical (unpaired) electrons. The second kappa shape index (κ2) is 7.55. The molecule has 3 unspecified atom stereocenters. The molecule has 0 aliphatic carbocycles. The normalized spacial score (nSPS) is 21.6. The predicted molar refractivity (Wildman–Crippen MR) is 82.3 cm³/mol. The molecule has 0 aromatic heterocycles. The summed E-state index contributed by atoms with van der Waals surface area (Å²) in [7, 11) is 0. The van der Waals surface area contributed by atoms with Gasteiger partial charge in [0.1, 0.15) is 5.82 Å². The van der Waals surface area contributed by atoms with E-state index in [1.54, 1.807) is 18.2 Å². The van der Waals surface area contributed by atoms with Gasteiger partial charge in [-0.3, -0.25) is 4.79 Å². The topological polar surface area (TPSA) is 41.1 Å². The number of rotatable bonds is 5. The minimum absolute atomic E-state index is 0.00354. The van der Waals surface area contributed by atoms with E-state index in [0.717, 1.165) is 13.1 Å². The Morgan fingerprint density at radius 3 is 2.86 bits per heavy atom. The number of carbonyl (C=O) groups excluding carboxylic acids is 1. The fourth-order valence-electron chi connectivity index (χ4n) is 3.03. The molecule has 3 atom stereocenters. The van der Waals surface area contributed by atoms with Gasteiger partial charge in [0.05, 0.1) is 6.04 Å². The Balaban J connectivity index is 1.85. The van der Waals surface area contributed by atoms with Crippen LogP contribution in [-0.4, -0.2) is 19.0 Å². The molecule has 1 aromatic rings. The Morgan fingerprint density at radius 1 is 1.43 bits per heavy atom. The van der Waals surface area contributed by atoms with Crippen molar-refractivity contribution in [1.29, 1.82) is 0 Å². The van der Waals surface area contributed by atoms with Gasteiger partial charge in [-0.15, -0.1) is 0 Å². The highest BCUT2D eigenvalue weighted by Crippen LogP contribution is 2.23. The van der Waals surface area contributed by atoms with Crippen LogP contribution in [0.1, 0.15) is 44.7 Å². The van der Waals surface area contributed by atoms with Crippen molar-refractivity contribution < 1.29 is 9.18 Å². The van der Waals surface area contributed by atoms with Crippen molar-refractivity contribution in [3.8, 4) is 0 Å². The van der Waals surface area contributed by atoms with Crippen molar-refractivity contribution in [3.63, 3.8) is 0 Å². The third-order valence-corrected chi connectivity index (χ3v) is 4.40. The van der Waals surface area contributed by atoms with Gasteiger partial charge >= 0.3 is 0 Å². The van der Waals surface area contributed by atoms with Crippen molar-refractivity contribution in [3.05, 3.63) is 35.6 Å².